The Labute approximate surface area is 108 Å². The van der Waals surface area contributed by atoms with Crippen molar-refractivity contribution in [1.29, 1.82) is 0 Å². The molecule has 0 fully saturated rings. The summed E-state index contributed by atoms with van der Waals surface area (Å²) >= 11 is 0. The number of pyridine rings is 1. The standard InChI is InChI=1S/C15H20N2O/c1-4-16-14(15-8-7-12(3)18-15)10-13-11(2)6-5-9-17-13/h5-9,14,16H,4,10H2,1-3H3. The molecular weight excluding hydrogens is 224 g/mol. The number of aryl methyl sites for hydroxylation is 2. The van der Waals surface area contributed by atoms with Gasteiger partial charge in [-0.3, -0.25) is 4.98 Å². The predicted molar refractivity (Wildman–Crippen MR) is 72.5 cm³/mol. The van der Waals surface area contributed by atoms with Crippen LogP contribution >= 0.6 is 0 Å². The fraction of sp³-hybridized carbons (Fsp3) is 0.400. The Morgan fingerprint density at radius 2 is 2.11 bits per heavy atom. The molecule has 2 aromatic heterocycles. The highest BCUT2D eigenvalue weighted by Gasteiger charge is 2.16. The van der Waals surface area contributed by atoms with E-state index >= 15 is 0 Å². The molecule has 1 atom stereocenters. The lowest BCUT2D eigenvalue weighted by atomic mass is 10.0. The summed E-state index contributed by atoms with van der Waals surface area (Å²) in [6.45, 7) is 7.08. The van der Waals surface area contributed by atoms with E-state index in [0.29, 0.717) is 0 Å². The molecule has 0 aliphatic carbocycles. The maximum Gasteiger partial charge on any atom is 0.121 e. The minimum absolute atomic E-state index is 0.192. The van der Waals surface area contributed by atoms with Gasteiger partial charge in [0, 0.05) is 18.3 Å². The number of aromatic nitrogens is 1. The second-order valence-corrected chi connectivity index (χ2v) is 4.53. The molecule has 2 rings (SSSR count). The summed E-state index contributed by atoms with van der Waals surface area (Å²) in [6, 6.07) is 8.31. The monoisotopic (exact) mass is 244 g/mol. The van der Waals surface area contributed by atoms with Gasteiger partial charge in [-0.05, 0) is 44.2 Å². The van der Waals surface area contributed by atoms with Gasteiger partial charge < -0.3 is 9.73 Å². The number of hydrogen-bond donors (Lipinski definition) is 1. The fourth-order valence-electron chi connectivity index (χ4n) is 2.09. The summed E-state index contributed by atoms with van der Waals surface area (Å²) in [4.78, 5) is 4.45. The Bertz CT molecular complexity index is 505. The van der Waals surface area contributed by atoms with Gasteiger partial charge in [-0.1, -0.05) is 13.0 Å². The third-order valence-electron chi connectivity index (χ3n) is 3.07. The molecule has 0 amide bonds. The van der Waals surface area contributed by atoms with Crippen LogP contribution in [-0.2, 0) is 6.42 Å². The van der Waals surface area contributed by atoms with Gasteiger partial charge >= 0.3 is 0 Å². The lowest BCUT2D eigenvalue weighted by Crippen LogP contribution is -2.23. The second kappa shape index (κ2) is 5.83. The Hall–Kier alpha value is -1.61. The third kappa shape index (κ3) is 2.99. The van der Waals surface area contributed by atoms with Gasteiger partial charge in [-0.2, -0.15) is 0 Å². The maximum atomic E-state index is 5.72. The van der Waals surface area contributed by atoms with Crippen LogP contribution in [0.2, 0.25) is 0 Å². The van der Waals surface area contributed by atoms with E-state index in [2.05, 4.69) is 30.2 Å². The zero-order chi connectivity index (χ0) is 13.0. The van der Waals surface area contributed by atoms with Crippen molar-refractivity contribution in [2.75, 3.05) is 6.54 Å². The first kappa shape index (κ1) is 12.8. The van der Waals surface area contributed by atoms with E-state index in [0.717, 1.165) is 30.2 Å². The van der Waals surface area contributed by atoms with Gasteiger partial charge in [0.25, 0.3) is 0 Å². The molecule has 18 heavy (non-hydrogen) atoms. The first-order chi connectivity index (χ1) is 8.70. The molecule has 0 aromatic carbocycles. The van der Waals surface area contributed by atoms with Crippen LogP contribution in [0.1, 0.15) is 35.7 Å². The van der Waals surface area contributed by atoms with E-state index in [9.17, 15) is 0 Å². The largest absolute Gasteiger partial charge is 0.465 e. The fourth-order valence-corrected chi connectivity index (χ4v) is 2.09. The Kier molecular flexibility index (Phi) is 4.15. The zero-order valence-electron chi connectivity index (χ0n) is 11.2. The molecule has 0 bridgehead atoms. The summed E-state index contributed by atoms with van der Waals surface area (Å²) in [7, 11) is 0. The third-order valence-corrected chi connectivity index (χ3v) is 3.07. The highest BCUT2D eigenvalue weighted by Crippen LogP contribution is 2.21. The molecule has 3 nitrogen and oxygen atoms in total. The van der Waals surface area contributed by atoms with Gasteiger partial charge in [0.2, 0.25) is 0 Å². The van der Waals surface area contributed by atoms with Crippen molar-refractivity contribution >= 4 is 0 Å². The van der Waals surface area contributed by atoms with Gasteiger partial charge in [0.05, 0.1) is 6.04 Å². The van der Waals surface area contributed by atoms with Crippen LogP contribution < -0.4 is 5.32 Å². The Morgan fingerprint density at radius 1 is 1.28 bits per heavy atom. The summed E-state index contributed by atoms with van der Waals surface area (Å²) in [5, 5.41) is 3.45. The molecule has 1 unspecified atom stereocenters. The average Bonchev–Trinajstić information content (AvgIpc) is 2.78. The van der Waals surface area contributed by atoms with Crippen molar-refractivity contribution in [2.24, 2.45) is 0 Å². The Balaban J connectivity index is 2.19. The first-order valence-electron chi connectivity index (χ1n) is 6.41. The Morgan fingerprint density at radius 3 is 2.72 bits per heavy atom. The van der Waals surface area contributed by atoms with Crippen molar-refractivity contribution in [3.63, 3.8) is 0 Å². The van der Waals surface area contributed by atoms with Crippen molar-refractivity contribution in [3.8, 4) is 0 Å². The van der Waals surface area contributed by atoms with E-state index in [-0.39, 0.29) is 6.04 Å². The number of furan rings is 1. The summed E-state index contributed by atoms with van der Waals surface area (Å²) in [5.41, 5.74) is 2.35. The first-order valence-corrected chi connectivity index (χ1v) is 6.41. The maximum absolute atomic E-state index is 5.72. The topological polar surface area (TPSA) is 38.1 Å². The minimum atomic E-state index is 0.192. The van der Waals surface area contributed by atoms with Crippen LogP contribution in [0.25, 0.3) is 0 Å². The molecule has 0 saturated carbocycles. The molecule has 0 saturated heterocycles. The molecule has 3 heteroatoms. The van der Waals surface area contributed by atoms with Crippen molar-refractivity contribution < 1.29 is 4.42 Å². The molecule has 0 spiro atoms. The quantitative estimate of drug-likeness (QED) is 0.877. The van der Waals surface area contributed by atoms with Crippen LogP contribution in [0, 0.1) is 13.8 Å². The molecule has 0 radical (unpaired) electrons. The lowest BCUT2D eigenvalue weighted by Gasteiger charge is -2.16. The van der Waals surface area contributed by atoms with Gasteiger partial charge in [0.1, 0.15) is 11.5 Å². The molecule has 1 N–H and O–H groups in total. The molecule has 96 valence electrons. The number of hydrogen-bond acceptors (Lipinski definition) is 3. The lowest BCUT2D eigenvalue weighted by molar-refractivity contribution is 0.401. The molecular formula is C15H20N2O. The highest BCUT2D eigenvalue weighted by molar-refractivity contribution is 5.21. The number of rotatable bonds is 5. The van der Waals surface area contributed by atoms with Crippen LogP contribution in [0.5, 0.6) is 0 Å². The highest BCUT2D eigenvalue weighted by atomic mass is 16.3. The molecule has 2 aromatic rings. The minimum Gasteiger partial charge on any atom is -0.465 e. The van der Waals surface area contributed by atoms with Crippen LogP contribution in [0.3, 0.4) is 0 Å². The summed E-state index contributed by atoms with van der Waals surface area (Å²) < 4.78 is 5.72. The number of likely N-dealkylation sites (N-methyl/N-ethyl adjacent to an activating group) is 1. The summed E-state index contributed by atoms with van der Waals surface area (Å²) in [6.07, 6.45) is 2.70. The normalized spacial score (nSPS) is 12.6. The number of nitrogens with one attached hydrogen (secondary N) is 1. The van der Waals surface area contributed by atoms with Crippen LogP contribution in [0.15, 0.2) is 34.9 Å². The van der Waals surface area contributed by atoms with E-state index in [1.165, 1.54) is 5.56 Å². The smallest absolute Gasteiger partial charge is 0.121 e. The predicted octanol–water partition coefficient (Wildman–Crippen LogP) is 3.18. The second-order valence-electron chi connectivity index (χ2n) is 4.53. The molecule has 2 heterocycles. The molecule has 0 aliphatic heterocycles. The van der Waals surface area contributed by atoms with Gasteiger partial charge in [-0.25, -0.2) is 0 Å². The van der Waals surface area contributed by atoms with E-state index in [4.69, 9.17) is 4.42 Å². The van der Waals surface area contributed by atoms with Gasteiger partial charge in [0.15, 0.2) is 0 Å². The summed E-state index contributed by atoms with van der Waals surface area (Å²) in [5.74, 6) is 1.94. The van der Waals surface area contributed by atoms with Crippen LogP contribution in [-0.4, -0.2) is 11.5 Å². The average molecular weight is 244 g/mol. The number of nitrogens with zero attached hydrogens (tertiary/aromatic N) is 1. The van der Waals surface area contributed by atoms with E-state index < -0.39 is 0 Å². The van der Waals surface area contributed by atoms with Crippen molar-refractivity contribution in [2.45, 2.75) is 33.2 Å². The zero-order valence-corrected chi connectivity index (χ0v) is 11.2. The van der Waals surface area contributed by atoms with E-state index in [1.54, 1.807) is 0 Å². The van der Waals surface area contributed by atoms with Crippen molar-refractivity contribution in [1.82, 2.24) is 10.3 Å². The van der Waals surface area contributed by atoms with E-state index in [1.807, 2.05) is 31.3 Å². The van der Waals surface area contributed by atoms with Gasteiger partial charge in [-0.15, -0.1) is 0 Å². The SMILES string of the molecule is CCNC(Cc1ncccc1C)c1ccc(C)o1. The molecule has 0 aliphatic rings. The van der Waals surface area contributed by atoms with Crippen molar-refractivity contribution in [3.05, 3.63) is 53.2 Å². The van der Waals surface area contributed by atoms with Crippen LogP contribution in [0.4, 0.5) is 0 Å².